The molecule has 0 spiro atoms. The number of H-pyrrole nitrogens is 1. The normalized spacial score (nSPS) is 10.9. The molecule has 100 valence electrons. The van der Waals surface area contributed by atoms with Gasteiger partial charge in [-0.15, -0.1) is 0 Å². The maximum Gasteiger partial charge on any atom is 0.197 e. The van der Waals surface area contributed by atoms with E-state index in [9.17, 15) is 4.79 Å². The molecule has 0 saturated carbocycles. The molecule has 0 unspecified atom stereocenters. The average Bonchev–Trinajstić information content (AvgIpc) is 2.83. The number of ketones is 1. The van der Waals surface area contributed by atoms with Gasteiger partial charge in [0.05, 0.1) is 10.6 Å². The van der Waals surface area contributed by atoms with Gasteiger partial charge in [-0.1, -0.05) is 23.7 Å². The third-order valence-corrected chi connectivity index (χ3v) is 3.61. The zero-order valence-electron chi connectivity index (χ0n) is 10.8. The molecule has 2 aromatic heterocycles. The Labute approximate surface area is 120 Å². The van der Waals surface area contributed by atoms with E-state index in [0.717, 1.165) is 5.56 Å². The van der Waals surface area contributed by atoms with Crippen LogP contribution < -0.4 is 5.73 Å². The molecule has 0 radical (unpaired) electrons. The second-order valence-corrected chi connectivity index (χ2v) is 4.99. The Morgan fingerprint density at radius 2 is 2.15 bits per heavy atom. The Kier molecular flexibility index (Phi) is 2.95. The van der Waals surface area contributed by atoms with Gasteiger partial charge in [-0.25, -0.2) is 4.98 Å². The van der Waals surface area contributed by atoms with Crippen molar-refractivity contribution in [3.8, 4) is 0 Å². The number of nitrogen functional groups attached to an aromatic ring is 1. The number of carbonyl (C=O) groups excluding carboxylic acids is 1. The topological polar surface area (TPSA) is 71.8 Å². The summed E-state index contributed by atoms with van der Waals surface area (Å²) in [6, 6.07) is 7.06. The Morgan fingerprint density at radius 3 is 2.90 bits per heavy atom. The SMILES string of the molecule is Cc1cccc(N)c1C(=O)c1c[nH]c2nccc(Cl)c12. The van der Waals surface area contributed by atoms with Gasteiger partial charge in [0, 0.05) is 29.0 Å². The number of hydrogen-bond acceptors (Lipinski definition) is 3. The zero-order chi connectivity index (χ0) is 14.3. The maximum atomic E-state index is 12.7. The summed E-state index contributed by atoms with van der Waals surface area (Å²) in [5.41, 5.74) is 8.81. The van der Waals surface area contributed by atoms with Crippen LogP contribution in [0.25, 0.3) is 11.0 Å². The first-order valence-electron chi connectivity index (χ1n) is 6.11. The molecular weight excluding hydrogens is 274 g/mol. The summed E-state index contributed by atoms with van der Waals surface area (Å²) in [6.07, 6.45) is 3.22. The number of hydrogen-bond donors (Lipinski definition) is 2. The van der Waals surface area contributed by atoms with Crippen LogP contribution >= 0.6 is 11.6 Å². The number of rotatable bonds is 2. The van der Waals surface area contributed by atoms with Crippen molar-refractivity contribution in [1.29, 1.82) is 0 Å². The van der Waals surface area contributed by atoms with Gasteiger partial charge in [-0.05, 0) is 24.6 Å². The largest absolute Gasteiger partial charge is 0.398 e. The predicted octanol–water partition coefficient (Wildman–Crippen LogP) is 3.34. The van der Waals surface area contributed by atoms with Gasteiger partial charge < -0.3 is 10.7 Å². The Morgan fingerprint density at radius 1 is 1.35 bits per heavy atom. The van der Waals surface area contributed by atoms with Crippen molar-refractivity contribution in [3.63, 3.8) is 0 Å². The van der Waals surface area contributed by atoms with Crippen molar-refractivity contribution in [1.82, 2.24) is 9.97 Å². The summed E-state index contributed by atoms with van der Waals surface area (Å²) < 4.78 is 0. The lowest BCUT2D eigenvalue weighted by Crippen LogP contribution is -2.07. The number of aromatic nitrogens is 2. The van der Waals surface area contributed by atoms with Crippen molar-refractivity contribution >= 4 is 34.1 Å². The minimum Gasteiger partial charge on any atom is -0.398 e. The van der Waals surface area contributed by atoms with Crippen molar-refractivity contribution in [2.45, 2.75) is 6.92 Å². The molecule has 0 aliphatic rings. The van der Waals surface area contributed by atoms with E-state index < -0.39 is 0 Å². The number of nitrogens with zero attached hydrogens (tertiary/aromatic N) is 1. The molecule has 1 aromatic carbocycles. The summed E-state index contributed by atoms with van der Waals surface area (Å²) in [7, 11) is 0. The van der Waals surface area contributed by atoms with Crippen LogP contribution in [-0.4, -0.2) is 15.8 Å². The first-order valence-corrected chi connectivity index (χ1v) is 6.48. The number of halogens is 1. The van der Waals surface area contributed by atoms with Gasteiger partial charge in [0.25, 0.3) is 0 Å². The zero-order valence-corrected chi connectivity index (χ0v) is 11.5. The number of anilines is 1. The summed E-state index contributed by atoms with van der Waals surface area (Å²) in [4.78, 5) is 19.9. The fourth-order valence-electron chi connectivity index (χ4n) is 2.33. The Bertz CT molecular complexity index is 803. The molecule has 3 N–H and O–H groups in total. The van der Waals surface area contributed by atoms with Crippen molar-refractivity contribution < 1.29 is 4.79 Å². The highest BCUT2D eigenvalue weighted by Crippen LogP contribution is 2.29. The molecule has 3 aromatic rings. The molecule has 0 fully saturated rings. The highest BCUT2D eigenvalue weighted by atomic mass is 35.5. The lowest BCUT2D eigenvalue weighted by Gasteiger charge is -2.07. The van der Waals surface area contributed by atoms with Crippen LogP contribution in [0.3, 0.4) is 0 Å². The van der Waals surface area contributed by atoms with Crippen LogP contribution in [0.4, 0.5) is 5.69 Å². The summed E-state index contributed by atoms with van der Waals surface area (Å²) >= 11 is 6.17. The van der Waals surface area contributed by atoms with E-state index in [0.29, 0.717) is 32.9 Å². The molecule has 4 nitrogen and oxygen atoms in total. The number of aryl methyl sites for hydroxylation is 1. The van der Waals surface area contributed by atoms with E-state index in [1.165, 1.54) is 0 Å². The molecule has 2 heterocycles. The van der Waals surface area contributed by atoms with Crippen molar-refractivity contribution in [2.75, 3.05) is 5.73 Å². The second kappa shape index (κ2) is 4.65. The van der Waals surface area contributed by atoms with Crippen molar-refractivity contribution in [2.24, 2.45) is 0 Å². The van der Waals surface area contributed by atoms with Crippen LogP contribution in [0.15, 0.2) is 36.7 Å². The van der Waals surface area contributed by atoms with Crippen LogP contribution in [0, 0.1) is 6.92 Å². The molecule has 5 heteroatoms. The molecule has 3 rings (SSSR count). The van der Waals surface area contributed by atoms with Gasteiger partial charge in [0.1, 0.15) is 5.65 Å². The van der Waals surface area contributed by atoms with Gasteiger partial charge in [0.2, 0.25) is 0 Å². The molecule has 20 heavy (non-hydrogen) atoms. The molecule has 0 aliphatic heterocycles. The average molecular weight is 286 g/mol. The summed E-state index contributed by atoms with van der Waals surface area (Å²) in [5.74, 6) is -0.151. The van der Waals surface area contributed by atoms with Gasteiger partial charge in [-0.2, -0.15) is 0 Å². The highest BCUT2D eigenvalue weighted by molar-refractivity contribution is 6.37. The lowest BCUT2D eigenvalue weighted by molar-refractivity contribution is 0.104. The van der Waals surface area contributed by atoms with E-state index in [1.54, 1.807) is 24.5 Å². The fourth-order valence-corrected chi connectivity index (χ4v) is 2.58. The quantitative estimate of drug-likeness (QED) is 0.560. The van der Waals surface area contributed by atoms with Crippen LogP contribution in [0.2, 0.25) is 5.02 Å². The fraction of sp³-hybridized carbons (Fsp3) is 0.0667. The molecule has 0 saturated heterocycles. The number of fused-ring (bicyclic) bond motifs is 1. The number of benzene rings is 1. The molecule has 0 amide bonds. The van der Waals surface area contributed by atoms with E-state index >= 15 is 0 Å². The summed E-state index contributed by atoms with van der Waals surface area (Å²) in [6.45, 7) is 1.86. The predicted molar refractivity (Wildman–Crippen MR) is 80.1 cm³/mol. The van der Waals surface area contributed by atoms with Gasteiger partial charge >= 0.3 is 0 Å². The first-order chi connectivity index (χ1) is 9.59. The van der Waals surface area contributed by atoms with E-state index in [1.807, 2.05) is 19.1 Å². The number of nitrogens with two attached hydrogens (primary N) is 1. The van der Waals surface area contributed by atoms with Gasteiger partial charge in [0.15, 0.2) is 5.78 Å². The minimum absolute atomic E-state index is 0.151. The number of carbonyl (C=O) groups is 1. The van der Waals surface area contributed by atoms with Crippen LogP contribution in [0.1, 0.15) is 21.5 Å². The molecule has 0 bridgehead atoms. The van der Waals surface area contributed by atoms with Crippen LogP contribution in [0.5, 0.6) is 0 Å². The maximum absolute atomic E-state index is 12.7. The second-order valence-electron chi connectivity index (χ2n) is 4.59. The first kappa shape index (κ1) is 12.7. The highest BCUT2D eigenvalue weighted by Gasteiger charge is 2.20. The smallest absolute Gasteiger partial charge is 0.197 e. The molecular formula is C15H12ClN3O. The monoisotopic (exact) mass is 285 g/mol. The third-order valence-electron chi connectivity index (χ3n) is 3.30. The summed E-state index contributed by atoms with van der Waals surface area (Å²) in [5, 5.41) is 1.12. The Balaban J connectivity index is 2.24. The standard InChI is InChI=1S/C15H12ClN3O/c1-8-3-2-4-11(17)12(8)14(20)9-7-19-15-13(9)10(16)5-6-18-15/h2-7H,17H2,1H3,(H,18,19). The van der Waals surface area contributed by atoms with E-state index in [-0.39, 0.29) is 5.78 Å². The van der Waals surface area contributed by atoms with Gasteiger partial charge in [-0.3, -0.25) is 4.79 Å². The van der Waals surface area contributed by atoms with E-state index in [4.69, 9.17) is 17.3 Å². The minimum atomic E-state index is -0.151. The molecule has 0 aliphatic carbocycles. The number of pyridine rings is 1. The molecule has 0 atom stereocenters. The number of nitrogens with one attached hydrogen (secondary N) is 1. The van der Waals surface area contributed by atoms with Crippen LogP contribution in [-0.2, 0) is 0 Å². The van der Waals surface area contributed by atoms with Crippen molar-refractivity contribution in [3.05, 3.63) is 58.4 Å². The number of aromatic amines is 1. The van der Waals surface area contributed by atoms with E-state index in [2.05, 4.69) is 9.97 Å². The third kappa shape index (κ3) is 1.85. The Hall–Kier alpha value is -2.33. The lowest BCUT2D eigenvalue weighted by atomic mass is 9.97.